The van der Waals surface area contributed by atoms with E-state index in [1.807, 2.05) is 36.4 Å². The predicted molar refractivity (Wildman–Crippen MR) is 88.2 cm³/mol. The summed E-state index contributed by atoms with van der Waals surface area (Å²) < 4.78 is 8.71. The molecule has 0 aliphatic rings. The van der Waals surface area contributed by atoms with E-state index in [2.05, 4.69) is 47.8 Å². The zero-order chi connectivity index (χ0) is 13.8. The topological polar surface area (TPSA) is 35.2 Å². The Bertz CT molecular complexity index is 564. The second-order valence-electron chi connectivity index (χ2n) is 3.97. The first-order valence-corrected chi connectivity index (χ1v) is 8.04. The largest absolute Gasteiger partial charge is 0.486 e. The third-order valence-corrected chi connectivity index (χ3v) is 4.58. The molecule has 0 bridgehead atoms. The molecule has 2 aromatic carbocycles. The third kappa shape index (κ3) is 3.81. The Balaban J connectivity index is 2.18. The average molecular weight is 450 g/mol. The van der Waals surface area contributed by atoms with E-state index in [-0.39, 0.29) is 0 Å². The van der Waals surface area contributed by atoms with Crippen LogP contribution in [0.1, 0.15) is 11.1 Å². The maximum absolute atomic E-state index is 5.87. The first-order chi connectivity index (χ1) is 9.11. The van der Waals surface area contributed by atoms with Crippen molar-refractivity contribution in [2.45, 2.75) is 13.2 Å². The number of rotatable bonds is 4. The summed E-state index contributed by atoms with van der Waals surface area (Å²) in [6.45, 7) is 1.00. The number of halogens is 3. The van der Waals surface area contributed by atoms with E-state index in [0.29, 0.717) is 13.2 Å². The summed E-state index contributed by atoms with van der Waals surface area (Å²) in [6, 6.07) is 11.9. The van der Waals surface area contributed by atoms with Crippen molar-refractivity contribution >= 4 is 47.8 Å². The van der Waals surface area contributed by atoms with Gasteiger partial charge in [-0.2, -0.15) is 0 Å². The van der Waals surface area contributed by atoms with Gasteiger partial charge in [0, 0.05) is 16.6 Å². The van der Waals surface area contributed by atoms with Crippen LogP contribution in [0.4, 0.5) is 0 Å². The Morgan fingerprint density at radius 1 is 0.947 bits per heavy atom. The van der Waals surface area contributed by atoms with Crippen LogP contribution in [0.15, 0.2) is 49.8 Å². The quantitative estimate of drug-likeness (QED) is 0.712. The number of nitrogens with two attached hydrogens (primary N) is 1. The average Bonchev–Trinajstić information content (AvgIpc) is 2.39. The zero-order valence-electron chi connectivity index (χ0n) is 10.00. The van der Waals surface area contributed by atoms with E-state index < -0.39 is 0 Å². The van der Waals surface area contributed by atoms with E-state index in [1.54, 1.807) is 0 Å². The molecule has 0 aliphatic carbocycles. The monoisotopic (exact) mass is 447 g/mol. The second-order valence-corrected chi connectivity index (χ2v) is 6.54. The molecule has 2 N–H and O–H groups in total. The van der Waals surface area contributed by atoms with Gasteiger partial charge in [-0.15, -0.1) is 0 Å². The van der Waals surface area contributed by atoms with Gasteiger partial charge in [0.2, 0.25) is 0 Å². The standard InChI is InChI=1S/C14H12Br3NO/c15-11-4-2-1-3-10(11)8-19-14-12(16)5-9(7-18)6-13(14)17/h1-6H,7-8,18H2. The molecule has 19 heavy (non-hydrogen) atoms. The molecule has 0 spiro atoms. The van der Waals surface area contributed by atoms with Crippen LogP contribution < -0.4 is 10.5 Å². The zero-order valence-corrected chi connectivity index (χ0v) is 14.8. The lowest BCUT2D eigenvalue weighted by Gasteiger charge is -2.12. The van der Waals surface area contributed by atoms with Crippen LogP contribution in [0.3, 0.4) is 0 Å². The molecule has 5 heteroatoms. The van der Waals surface area contributed by atoms with E-state index in [9.17, 15) is 0 Å². The molecule has 100 valence electrons. The van der Waals surface area contributed by atoms with Gasteiger partial charge in [0.05, 0.1) is 8.95 Å². The molecule has 0 heterocycles. The second kappa shape index (κ2) is 6.88. The summed E-state index contributed by atoms with van der Waals surface area (Å²) in [7, 11) is 0. The SMILES string of the molecule is NCc1cc(Br)c(OCc2ccccc2Br)c(Br)c1. The van der Waals surface area contributed by atoms with Crippen LogP contribution in [0.2, 0.25) is 0 Å². The Morgan fingerprint density at radius 2 is 1.58 bits per heavy atom. The number of ether oxygens (including phenoxy) is 1. The normalized spacial score (nSPS) is 10.5. The van der Waals surface area contributed by atoms with Gasteiger partial charge < -0.3 is 10.5 Å². The molecule has 0 radical (unpaired) electrons. The van der Waals surface area contributed by atoms with Crippen molar-refractivity contribution in [3.63, 3.8) is 0 Å². The van der Waals surface area contributed by atoms with Crippen molar-refractivity contribution in [3.8, 4) is 5.75 Å². The molecule has 0 amide bonds. The fourth-order valence-corrected chi connectivity index (χ4v) is 3.54. The summed E-state index contributed by atoms with van der Waals surface area (Å²) in [4.78, 5) is 0. The predicted octanol–water partition coefficient (Wildman–Crippen LogP) is 5.01. The molecular formula is C14H12Br3NO. The molecular weight excluding hydrogens is 438 g/mol. The molecule has 0 unspecified atom stereocenters. The van der Waals surface area contributed by atoms with Crippen molar-refractivity contribution in [2.75, 3.05) is 0 Å². The minimum absolute atomic E-state index is 0.501. The van der Waals surface area contributed by atoms with Crippen LogP contribution in [0, 0.1) is 0 Å². The molecule has 0 atom stereocenters. The summed E-state index contributed by atoms with van der Waals surface area (Å²) in [5.74, 6) is 0.785. The molecule has 2 rings (SSSR count). The van der Waals surface area contributed by atoms with Gasteiger partial charge >= 0.3 is 0 Å². The van der Waals surface area contributed by atoms with Gasteiger partial charge in [0.15, 0.2) is 0 Å². The van der Waals surface area contributed by atoms with Crippen LogP contribution in [-0.4, -0.2) is 0 Å². The highest BCUT2D eigenvalue weighted by Gasteiger charge is 2.09. The summed E-state index contributed by atoms with van der Waals surface area (Å²) in [6.07, 6.45) is 0. The minimum atomic E-state index is 0.501. The fourth-order valence-electron chi connectivity index (χ4n) is 1.63. The lowest BCUT2D eigenvalue weighted by molar-refractivity contribution is 0.301. The van der Waals surface area contributed by atoms with E-state index >= 15 is 0 Å². The van der Waals surface area contributed by atoms with E-state index in [0.717, 1.165) is 30.3 Å². The lowest BCUT2D eigenvalue weighted by atomic mass is 10.2. The van der Waals surface area contributed by atoms with E-state index in [1.165, 1.54) is 0 Å². The molecule has 2 nitrogen and oxygen atoms in total. The van der Waals surface area contributed by atoms with Crippen molar-refractivity contribution in [1.29, 1.82) is 0 Å². The first kappa shape index (κ1) is 15.0. The Kier molecular flexibility index (Phi) is 5.45. The van der Waals surface area contributed by atoms with Gasteiger partial charge in [-0.25, -0.2) is 0 Å². The molecule has 0 aliphatic heterocycles. The van der Waals surface area contributed by atoms with Crippen LogP contribution >= 0.6 is 47.8 Å². The van der Waals surface area contributed by atoms with Crippen molar-refractivity contribution < 1.29 is 4.74 Å². The summed E-state index contributed by atoms with van der Waals surface area (Å²) in [5.41, 5.74) is 7.78. The molecule has 0 saturated heterocycles. The van der Waals surface area contributed by atoms with Gasteiger partial charge in [-0.1, -0.05) is 34.1 Å². The van der Waals surface area contributed by atoms with Gasteiger partial charge in [-0.3, -0.25) is 0 Å². The van der Waals surface area contributed by atoms with Gasteiger partial charge in [0.1, 0.15) is 12.4 Å². The fraction of sp³-hybridized carbons (Fsp3) is 0.143. The first-order valence-electron chi connectivity index (χ1n) is 5.66. The number of benzene rings is 2. The highest BCUT2D eigenvalue weighted by atomic mass is 79.9. The molecule has 0 fully saturated rings. The smallest absolute Gasteiger partial charge is 0.148 e. The number of hydrogen-bond acceptors (Lipinski definition) is 2. The van der Waals surface area contributed by atoms with Crippen LogP contribution in [0.5, 0.6) is 5.75 Å². The van der Waals surface area contributed by atoms with E-state index in [4.69, 9.17) is 10.5 Å². The maximum atomic E-state index is 5.87. The minimum Gasteiger partial charge on any atom is -0.486 e. The van der Waals surface area contributed by atoms with Crippen LogP contribution in [0.25, 0.3) is 0 Å². The number of hydrogen-bond donors (Lipinski definition) is 1. The summed E-state index contributed by atoms with van der Waals surface area (Å²) in [5, 5.41) is 0. The molecule has 2 aromatic rings. The van der Waals surface area contributed by atoms with Crippen molar-refractivity contribution in [3.05, 3.63) is 60.9 Å². The third-order valence-electron chi connectivity index (χ3n) is 2.62. The van der Waals surface area contributed by atoms with Crippen LogP contribution in [-0.2, 0) is 13.2 Å². The van der Waals surface area contributed by atoms with Gasteiger partial charge in [0.25, 0.3) is 0 Å². The van der Waals surface area contributed by atoms with Gasteiger partial charge in [-0.05, 0) is 55.6 Å². The highest BCUT2D eigenvalue weighted by Crippen LogP contribution is 2.35. The maximum Gasteiger partial charge on any atom is 0.148 e. The summed E-state index contributed by atoms with van der Waals surface area (Å²) >= 11 is 10.5. The Hall–Kier alpha value is -0.360. The highest BCUT2D eigenvalue weighted by molar-refractivity contribution is 9.11. The van der Waals surface area contributed by atoms with Crippen molar-refractivity contribution in [2.24, 2.45) is 5.73 Å². The molecule has 0 aromatic heterocycles. The van der Waals surface area contributed by atoms with Crippen molar-refractivity contribution in [1.82, 2.24) is 0 Å². The Morgan fingerprint density at radius 3 is 2.16 bits per heavy atom. The Labute approximate surface area is 137 Å². The lowest BCUT2D eigenvalue weighted by Crippen LogP contribution is -2.00. The molecule has 0 saturated carbocycles.